The first-order valence-electron chi connectivity index (χ1n) is 6.78. The quantitative estimate of drug-likeness (QED) is 0.886. The van der Waals surface area contributed by atoms with Crippen LogP contribution in [0.5, 0.6) is 0 Å². The van der Waals surface area contributed by atoms with Crippen molar-refractivity contribution >= 4 is 0 Å². The Morgan fingerprint density at radius 3 is 2.40 bits per heavy atom. The van der Waals surface area contributed by atoms with E-state index in [0.29, 0.717) is 13.0 Å². The highest BCUT2D eigenvalue weighted by Gasteiger charge is 2.12. The SMILES string of the molecule is Cc1ccccc1CC(CN)Cc1ccc(F)c(F)c1. The lowest BCUT2D eigenvalue weighted by atomic mass is 9.91. The first-order valence-corrected chi connectivity index (χ1v) is 6.78. The van der Waals surface area contributed by atoms with Crippen LogP contribution in [0.25, 0.3) is 0 Å². The second-order valence-corrected chi connectivity index (χ2v) is 5.18. The molecule has 1 atom stereocenters. The Kier molecular flexibility index (Phi) is 4.85. The second-order valence-electron chi connectivity index (χ2n) is 5.18. The number of hydrogen-bond donors (Lipinski definition) is 1. The monoisotopic (exact) mass is 275 g/mol. The first-order chi connectivity index (χ1) is 9.60. The van der Waals surface area contributed by atoms with Crippen molar-refractivity contribution in [1.29, 1.82) is 0 Å². The zero-order chi connectivity index (χ0) is 14.5. The van der Waals surface area contributed by atoms with Gasteiger partial charge in [-0.15, -0.1) is 0 Å². The molecule has 0 saturated heterocycles. The molecule has 1 nitrogen and oxygen atoms in total. The van der Waals surface area contributed by atoms with Gasteiger partial charge in [-0.05, 0) is 61.1 Å². The van der Waals surface area contributed by atoms with Crippen molar-refractivity contribution in [3.8, 4) is 0 Å². The number of hydrogen-bond acceptors (Lipinski definition) is 1. The molecule has 0 spiro atoms. The van der Waals surface area contributed by atoms with E-state index in [4.69, 9.17) is 5.73 Å². The number of rotatable bonds is 5. The predicted octanol–water partition coefficient (Wildman–Crippen LogP) is 3.63. The van der Waals surface area contributed by atoms with Gasteiger partial charge in [-0.25, -0.2) is 8.78 Å². The lowest BCUT2D eigenvalue weighted by Gasteiger charge is -2.16. The lowest BCUT2D eigenvalue weighted by Crippen LogP contribution is -2.20. The molecule has 2 rings (SSSR count). The molecule has 0 amide bonds. The highest BCUT2D eigenvalue weighted by atomic mass is 19.2. The standard InChI is InChI=1S/C17H19F2N/c1-12-4-2-3-5-15(12)9-14(11-20)8-13-6-7-16(18)17(19)10-13/h2-7,10,14H,8-9,11,20H2,1H3. The lowest BCUT2D eigenvalue weighted by molar-refractivity contribution is 0.499. The van der Waals surface area contributed by atoms with Crippen molar-refractivity contribution in [2.45, 2.75) is 19.8 Å². The van der Waals surface area contributed by atoms with Gasteiger partial charge < -0.3 is 5.73 Å². The molecule has 0 aliphatic carbocycles. The summed E-state index contributed by atoms with van der Waals surface area (Å²) in [5, 5.41) is 0. The van der Waals surface area contributed by atoms with E-state index in [1.165, 1.54) is 23.3 Å². The van der Waals surface area contributed by atoms with Gasteiger partial charge in [0, 0.05) is 0 Å². The van der Waals surface area contributed by atoms with Gasteiger partial charge in [0.1, 0.15) is 0 Å². The molecule has 2 aromatic carbocycles. The smallest absolute Gasteiger partial charge is 0.159 e. The summed E-state index contributed by atoms with van der Waals surface area (Å²) in [6, 6.07) is 12.2. The van der Waals surface area contributed by atoms with Gasteiger partial charge in [0.05, 0.1) is 0 Å². The van der Waals surface area contributed by atoms with Crippen LogP contribution in [0.1, 0.15) is 16.7 Å². The van der Waals surface area contributed by atoms with E-state index in [9.17, 15) is 8.78 Å². The number of nitrogens with two attached hydrogens (primary N) is 1. The van der Waals surface area contributed by atoms with E-state index in [1.54, 1.807) is 6.07 Å². The third-order valence-electron chi connectivity index (χ3n) is 3.61. The van der Waals surface area contributed by atoms with Crippen LogP contribution in [0.3, 0.4) is 0 Å². The maximum atomic E-state index is 13.2. The fourth-order valence-corrected chi connectivity index (χ4v) is 2.39. The molecule has 0 aliphatic rings. The average molecular weight is 275 g/mol. The molecule has 0 bridgehead atoms. The number of halogens is 2. The van der Waals surface area contributed by atoms with E-state index in [0.717, 1.165) is 12.0 Å². The van der Waals surface area contributed by atoms with Crippen LogP contribution < -0.4 is 5.73 Å². The Morgan fingerprint density at radius 1 is 1.00 bits per heavy atom. The van der Waals surface area contributed by atoms with E-state index in [-0.39, 0.29) is 5.92 Å². The predicted molar refractivity (Wildman–Crippen MR) is 77.5 cm³/mol. The second kappa shape index (κ2) is 6.62. The molecular weight excluding hydrogens is 256 g/mol. The molecule has 2 N–H and O–H groups in total. The Balaban J connectivity index is 2.09. The van der Waals surface area contributed by atoms with Crippen molar-refractivity contribution in [3.63, 3.8) is 0 Å². The molecule has 1 unspecified atom stereocenters. The highest BCUT2D eigenvalue weighted by Crippen LogP contribution is 2.18. The topological polar surface area (TPSA) is 26.0 Å². The third-order valence-corrected chi connectivity index (χ3v) is 3.61. The summed E-state index contributed by atoms with van der Waals surface area (Å²) in [4.78, 5) is 0. The number of benzene rings is 2. The molecule has 0 heterocycles. The van der Waals surface area contributed by atoms with Gasteiger partial charge in [-0.2, -0.15) is 0 Å². The molecule has 3 heteroatoms. The molecule has 0 radical (unpaired) electrons. The van der Waals surface area contributed by atoms with Gasteiger partial charge in [-0.1, -0.05) is 30.3 Å². The van der Waals surface area contributed by atoms with Gasteiger partial charge in [-0.3, -0.25) is 0 Å². The molecule has 2 aromatic rings. The van der Waals surface area contributed by atoms with Crippen molar-refractivity contribution in [3.05, 3.63) is 70.8 Å². The van der Waals surface area contributed by atoms with E-state index in [2.05, 4.69) is 19.1 Å². The molecule has 106 valence electrons. The van der Waals surface area contributed by atoms with E-state index < -0.39 is 11.6 Å². The van der Waals surface area contributed by atoms with E-state index >= 15 is 0 Å². The Labute approximate surface area is 118 Å². The molecule has 0 fully saturated rings. The zero-order valence-corrected chi connectivity index (χ0v) is 11.6. The van der Waals surface area contributed by atoms with Crippen LogP contribution in [0.2, 0.25) is 0 Å². The van der Waals surface area contributed by atoms with Crippen molar-refractivity contribution in [2.24, 2.45) is 11.7 Å². The molecule has 0 saturated carbocycles. The van der Waals surface area contributed by atoms with Crippen LogP contribution in [-0.2, 0) is 12.8 Å². The minimum absolute atomic E-state index is 0.223. The van der Waals surface area contributed by atoms with Gasteiger partial charge in [0.25, 0.3) is 0 Å². The first kappa shape index (κ1) is 14.7. The molecule has 20 heavy (non-hydrogen) atoms. The minimum atomic E-state index is -0.808. The molecular formula is C17H19F2N. The van der Waals surface area contributed by atoms with Crippen LogP contribution in [0, 0.1) is 24.5 Å². The third kappa shape index (κ3) is 3.64. The van der Waals surface area contributed by atoms with Crippen LogP contribution in [0.4, 0.5) is 8.78 Å². The summed E-state index contributed by atoms with van der Waals surface area (Å²) in [6.45, 7) is 2.59. The maximum absolute atomic E-state index is 13.2. The Bertz CT molecular complexity index is 581. The summed E-state index contributed by atoms with van der Waals surface area (Å²) in [5.74, 6) is -1.38. The zero-order valence-electron chi connectivity index (χ0n) is 11.6. The van der Waals surface area contributed by atoms with Crippen molar-refractivity contribution in [1.82, 2.24) is 0 Å². The summed E-state index contributed by atoms with van der Waals surface area (Å²) < 4.78 is 26.1. The molecule has 0 aliphatic heterocycles. The summed E-state index contributed by atoms with van der Waals surface area (Å²) in [5.41, 5.74) is 9.09. The van der Waals surface area contributed by atoms with Crippen LogP contribution in [0.15, 0.2) is 42.5 Å². The van der Waals surface area contributed by atoms with E-state index in [1.807, 2.05) is 12.1 Å². The minimum Gasteiger partial charge on any atom is -0.330 e. The van der Waals surface area contributed by atoms with Gasteiger partial charge >= 0.3 is 0 Å². The summed E-state index contributed by atoms with van der Waals surface area (Å²) >= 11 is 0. The van der Waals surface area contributed by atoms with Crippen LogP contribution in [-0.4, -0.2) is 6.54 Å². The summed E-state index contributed by atoms with van der Waals surface area (Å²) in [7, 11) is 0. The van der Waals surface area contributed by atoms with Crippen LogP contribution >= 0.6 is 0 Å². The fraction of sp³-hybridized carbons (Fsp3) is 0.294. The van der Waals surface area contributed by atoms with Crippen molar-refractivity contribution < 1.29 is 8.78 Å². The molecule has 0 aromatic heterocycles. The normalized spacial score (nSPS) is 12.4. The highest BCUT2D eigenvalue weighted by molar-refractivity contribution is 5.26. The largest absolute Gasteiger partial charge is 0.330 e. The number of aryl methyl sites for hydroxylation is 1. The maximum Gasteiger partial charge on any atom is 0.159 e. The van der Waals surface area contributed by atoms with Gasteiger partial charge in [0.15, 0.2) is 11.6 Å². The van der Waals surface area contributed by atoms with Gasteiger partial charge in [0.2, 0.25) is 0 Å². The summed E-state index contributed by atoms with van der Waals surface area (Å²) in [6.07, 6.45) is 1.50. The fourth-order valence-electron chi connectivity index (χ4n) is 2.39. The van der Waals surface area contributed by atoms with Crippen molar-refractivity contribution in [2.75, 3.05) is 6.54 Å². The average Bonchev–Trinajstić information content (AvgIpc) is 2.44. The Hall–Kier alpha value is -1.74. The Morgan fingerprint density at radius 2 is 1.75 bits per heavy atom.